The summed E-state index contributed by atoms with van der Waals surface area (Å²) in [5.41, 5.74) is 1.66. The van der Waals surface area contributed by atoms with Crippen molar-refractivity contribution in [3.8, 4) is 0 Å². The standard InChI is InChI=1S/C15H22O2/c1-11(15(2,3)4)14(17-5)13(16)12-9-7-6-8-10-12/h6-10,13-14,16H,1H2,2-5H3/t13-,14+/m0/s1. The third-order valence-corrected chi connectivity index (χ3v) is 2.99. The van der Waals surface area contributed by atoms with Crippen LogP contribution in [0.1, 0.15) is 32.4 Å². The highest BCUT2D eigenvalue weighted by Crippen LogP contribution is 2.33. The van der Waals surface area contributed by atoms with E-state index in [1.54, 1.807) is 7.11 Å². The first-order valence-corrected chi connectivity index (χ1v) is 5.83. The molecule has 0 aliphatic rings. The average Bonchev–Trinajstić information content (AvgIpc) is 2.29. The molecule has 1 N–H and O–H groups in total. The summed E-state index contributed by atoms with van der Waals surface area (Å²) >= 11 is 0. The molecule has 2 heteroatoms. The molecule has 0 saturated carbocycles. The van der Waals surface area contributed by atoms with Crippen molar-refractivity contribution in [3.63, 3.8) is 0 Å². The quantitative estimate of drug-likeness (QED) is 0.810. The van der Waals surface area contributed by atoms with Crippen LogP contribution in [0.2, 0.25) is 0 Å². The van der Waals surface area contributed by atoms with E-state index in [1.807, 2.05) is 30.3 Å². The van der Waals surface area contributed by atoms with Gasteiger partial charge >= 0.3 is 0 Å². The summed E-state index contributed by atoms with van der Waals surface area (Å²) in [6.07, 6.45) is -1.05. The normalized spacial score (nSPS) is 15.4. The monoisotopic (exact) mass is 234 g/mol. The summed E-state index contributed by atoms with van der Waals surface area (Å²) in [4.78, 5) is 0. The molecule has 0 aliphatic carbocycles. The minimum atomic E-state index is -0.673. The van der Waals surface area contributed by atoms with Crippen molar-refractivity contribution in [1.82, 2.24) is 0 Å². The number of aliphatic hydroxyl groups excluding tert-OH is 1. The van der Waals surface area contributed by atoms with Gasteiger partial charge in [-0.05, 0) is 16.6 Å². The maximum absolute atomic E-state index is 10.3. The Morgan fingerprint density at radius 1 is 1.24 bits per heavy atom. The molecule has 1 aromatic carbocycles. The van der Waals surface area contributed by atoms with Crippen LogP contribution in [0.5, 0.6) is 0 Å². The zero-order valence-electron chi connectivity index (χ0n) is 11.1. The zero-order valence-corrected chi connectivity index (χ0v) is 11.1. The van der Waals surface area contributed by atoms with Crippen molar-refractivity contribution >= 4 is 0 Å². The van der Waals surface area contributed by atoms with Gasteiger partial charge in [-0.1, -0.05) is 57.7 Å². The van der Waals surface area contributed by atoms with E-state index in [9.17, 15) is 5.11 Å². The Hall–Kier alpha value is -1.12. The molecule has 17 heavy (non-hydrogen) atoms. The summed E-state index contributed by atoms with van der Waals surface area (Å²) in [5.74, 6) is 0. The minimum absolute atomic E-state index is 0.0869. The van der Waals surface area contributed by atoms with Gasteiger partial charge in [0.1, 0.15) is 12.2 Å². The van der Waals surface area contributed by atoms with E-state index in [2.05, 4.69) is 27.4 Å². The van der Waals surface area contributed by atoms with Crippen LogP contribution in [0, 0.1) is 5.41 Å². The van der Waals surface area contributed by atoms with Gasteiger partial charge in [0.15, 0.2) is 0 Å². The van der Waals surface area contributed by atoms with Crippen molar-refractivity contribution < 1.29 is 9.84 Å². The van der Waals surface area contributed by atoms with Crippen LogP contribution in [0.25, 0.3) is 0 Å². The fraction of sp³-hybridized carbons (Fsp3) is 0.467. The third kappa shape index (κ3) is 3.42. The molecule has 0 aliphatic heterocycles. The highest BCUT2D eigenvalue weighted by Gasteiger charge is 2.29. The average molecular weight is 234 g/mol. The Balaban J connectivity index is 2.93. The summed E-state index contributed by atoms with van der Waals surface area (Å²) in [6.45, 7) is 10.3. The number of rotatable bonds is 4. The lowest BCUT2D eigenvalue weighted by Crippen LogP contribution is -2.29. The van der Waals surface area contributed by atoms with Gasteiger partial charge in [-0.3, -0.25) is 0 Å². The first-order valence-electron chi connectivity index (χ1n) is 5.83. The largest absolute Gasteiger partial charge is 0.385 e. The van der Waals surface area contributed by atoms with Gasteiger partial charge in [-0.2, -0.15) is 0 Å². The van der Waals surface area contributed by atoms with Crippen molar-refractivity contribution in [2.24, 2.45) is 5.41 Å². The first-order chi connectivity index (χ1) is 7.88. The molecule has 2 nitrogen and oxygen atoms in total. The SMILES string of the molecule is C=C([C@@H](OC)[C@@H](O)c1ccccc1)C(C)(C)C. The van der Waals surface area contributed by atoms with Crippen LogP contribution >= 0.6 is 0 Å². The van der Waals surface area contributed by atoms with Gasteiger partial charge in [-0.25, -0.2) is 0 Å². The van der Waals surface area contributed by atoms with E-state index in [4.69, 9.17) is 4.74 Å². The molecule has 0 aromatic heterocycles. The van der Waals surface area contributed by atoms with Crippen molar-refractivity contribution in [1.29, 1.82) is 0 Å². The lowest BCUT2D eigenvalue weighted by atomic mass is 9.81. The van der Waals surface area contributed by atoms with E-state index >= 15 is 0 Å². The Bertz CT molecular complexity index is 362. The number of benzene rings is 1. The summed E-state index contributed by atoms with van der Waals surface area (Å²) in [6, 6.07) is 9.53. The third-order valence-electron chi connectivity index (χ3n) is 2.99. The van der Waals surface area contributed by atoms with Gasteiger partial charge in [0.25, 0.3) is 0 Å². The maximum atomic E-state index is 10.3. The first kappa shape index (κ1) is 13.9. The summed E-state index contributed by atoms with van der Waals surface area (Å²) < 4.78 is 5.41. The molecule has 0 bridgehead atoms. The maximum Gasteiger partial charge on any atom is 0.109 e. The fourth-order valence-electron chi connectivity index (χ4n) is 1.71. The molecule has 0 heterocycles. The van der Waals surface area contributed by atoms with Crippen molar-refractivity contribution in [2.75, 3.05) is 7.11 Å². The summed E-state index contributed by atoms with van der Waals surface area (Å²) in [5, 5.41) is 10.3. The molecule has 0 spiro atoms. The Kier molecular flexibility index (Phi) is 4.49. The second-order valence-corrected chi connectivity index (χ2v) is 5.29. The Morgan fingerprint density at radius 2 is 1.76 bits per heavy atom. The molecule has 2 atom stereocenters. The van der Waals surface area contributed by atoms with Gasteiger partial charge in [0, 0.05) is 7.11 Å². The number of hydrogen-bond acceptors (Lipinski definition) is 2. The molecule has 0 unspecified atom stereocenters. The van der Waals surface area contributed by atoms with E-state index in [1.165, 1.54) is 0 Å². The van der Waals surface area contributed by atoms with Crippen LogP contribution in [0.4, 0.5) is 0 Å². The lowest BCUT2D eigenvalue weighted by molar-refractivity contribution is 0.000223. The van der Waals surface area contributed by atoms with E-state index in [-0.39, 0.29) is 11.5 Å². The van der Waals surface area contributed by atoms with E-state index in [0.29, 0.717) is 0 Å². The molecule has 0 amide bonds. The second kappa shape index (κ2) is 5.48. The van der Waals surface area contributed by atoms with Crippen molar-refractivity contribution in [3.05, 3.63) is 48.0 Å². The molecule has 1 rings (SSSR count). The molecule has 0 fully saturated rings. The molecule has 0 saturated heterocycles. The zero-order chi connectivity index (χ0) is 13.1. The molecule has 0 radical (unpaired) electrons. The summed E-state index contributed by atoms with van der Waals surface area (Å²) in [7, 11) is 1.60. The topological polar surface area (TPSA) is 29.5 Å². The van der Waals surface area contributed by atoms with E-state index < -0.39 is 6.10 Å². The van der Waals surface area contributed by atoms with Crippen LogP contribution in [-0.4, -0.2) is 18.3 Å². The van der Waals surface area contributed by atoms with Gasteiger partial charge in [0.2, 0.25) is 0 Å². The smallest absolute Gasteiger partial charge is 0.109 e. The predicted molar refractivity (Wildman–Crippen MR) is 70.8 cm³/mol. The second-order valence-electron chi connectivity index (χ2n) is 5.29. The molecule has 1 aromatic rings. The van der Waals surface area contributed by atoms with Gasteiger partial charge < -0.3 is 9.84 Å². The van der Waals surface area contributed by atoms with Crippen LogP contribution in [-0.2, 0) is 4.74 Å². The minimum Gasteiger partial charge on any atom is -0.385 e. The van der Waals surface area contributed by atoms with E-state index in [0.717, 1.165) is 11.1 Å². The van der Waals surface area contributed by atoms with Crippen LogP contribution in [0.15, 0.2) is 42.5 Å². The highest BCUT2D eigenvalue weighted by molar-refractivity contribution is 5.24. The molecular weight excluding hydrogens is 212 g/mol. The van der Waals surface area contributed by atoms with Gasteiger partial charge in [-0.15, -0.1) is 0 Å². The van der Waals surface area contributed by atoms with Crippen LogP contribution < -0.4 is 0 Å². The number of methoxy groups -OCH3 is 1. The number of ether oxygens (including phenoxy) is 1. The van der Waals surface area contributed by atoms with Crippen molar-refractivity contribution in [2.45, 2.75) is 33.0 Å². The van der Waals surface area contributed by atoms with Gasteiger partial charge in [0.05, 0.1) is 0 Å². The number of hydrogen-bond donors (Lipinski definition) is 1. The molecular formula is C15H22O2. The Labute approximate surface area is 104 Å². The Morgan fingerprint density at radius 3 is 2.18 bits per heavy atom. The predicted octanol–water partition coefficient (Wildman–Crippen LogP) is 3.34. The molecule has 94 valence electrons. The lowest BCUT2D eigenvalue weighted by Gasteiger charge is -2.31. The highest BCUT2D eigenvalue weighted by atomic mass is 16.5. The van der Waals surface area contributed by atoms with Crippen LogP contribution in [0.3, 0.4) is 0 Å². The fourth-order valence-corrected chi connectivity index (χ4v) is 1.71. The number of aliphatic hydroxyl groups is 1.